The number of aromatic nitrogens is 1. The fraction of sp³-hybridized carbons (Fsp3) is 0.312. The zero-order chi connectivity index (χ0) is 15.4. The summed E-state index contributed by atoms with van der Waals surface area (Å²) in [6.45, 7) is 3.86. The highest BCUT2D eigenvalue weighted by atomic mass is 16.6. The predicted octanol–water partition coefficient (Wildman–Crippen LogP) is 3.40. The molecule has 5 nitrogen and oxygen atoms in total. The van der Waals surface area contributed by atoms with Gasteiger partial charge >= 0.3 is 0 Å². The molecule has 0 saturated heterocycles. The van der Waals surface area contributed by atoms with Crippen molar-refractivity contribution in [1.29, 1.82) is 0 Å². The second-order valence-corrected chi connectivity index (χ2v) is 5.04. The molecule has 2 aromatic rings. The predicted molar refractivity (Wildman–Crippen MR) is 82.0 cm³/mol. The molecule has 0 amide bonds. The van der Waals surface area contributed by atoms with Crippen molar-refractivity contribution in [3.63, 3.8) is 0 Å². The van der Waals surface area contributed by atoms with Crippen LogP contribution in [0.2, 0.25) is 0 Å². The van der Waals surface area contributed by atoms with Gasteiger partial charge in [-0.05, 0) is 37.5 Å². The molecule has 2 rings (SSSR count). The minimum atomic E-state index is -0.433. The van der Waals surface area contributed by atoms with E-state index in [1.807, 2.05) is 12.1 Å². The number of rotatable bonds is 5. The van der Waals surface area contributed by atoms with Crippen LogP contribution in [0.5, 0.6) is 0 Å². The fourth-order valence-electron chi connectivity index (χ4n) is 2.31. The van der Waals surface area contributed by atoms with Gasteiger partial charge in [0.25, 0.3) is 11.2 Å². The molecule has 0 N–H and O–H groups in total. The van der Waals surface area contributed by atoms with Crippen LogP contribution in [-0.2, 0) is 6.42 Å². The van der Waals surface area contributed by atoms with Gasteiger partial charge in [-0.15, -0.1) is 0 Å². The SMILES string of the molecule is CCCCc1cccn(-c2ccc([N+](=O)[O-])cc2C)c1=O. The van der Waals surface area contributed by atoms with Gasteiger partial charge < -0.3 is 0 Å². The van der Waals surface area contributed by atoms with Crippen LogP contribution in [-0.4, -0.2) is 9.49 Å². The third kappa shape index (κ3) is 3.18. The topological polar surface area (TPSA) is 65.1 Å². The zero-order valence-corrected chi connectivity index (χ0v) is 12.2. The summed E-state index contributed by atoms with van der Waals surface area (Å²) in [5.74, 6) is 0. The Hall–Kier alpha value is -2.43. The van der Waals surface area contributed by atoms with E-state index >= 15 is 0 Å². The van der Waals surface area contributed by atoms with E-state index in [-0.39, 0.29) is 11.2 Å². The second kappa shape index (κ2) is 6.35. The zero-order valence-electron chi connectivity index (χ0n) is 12.2. The molecular formula is C16H18N2O3. The van der Waals surface area contributed by atoms with Gasteiger partial charge in [-0.3, -0.25) is 19.5 Å². The van der Waals surface area contributed by atoms with E-state index in [1.54, 1.807) is 23.8 Å². The summed E-state index contributed by atoms with van der Waals surface area (Å²) in [5.41, 5.74) is 2.15. The highest BCUT2D eigenvalue weighted by Crippen LogP contribution is 2.19. The van der Waals surface area contributed by atoms with Crippen LogP contribution >= 0.6 is 0 Å². The summed E-state index contributed by atoms with van der Waals surface area (Å²) in [5, 5.41) is 10.8. The van der Waals surface area contributed by atoms with Crippen molar-refractivity contribution in [3.05, 3.63) is 68.1 Å². The van der Waals surface area contributed by atoms with E-state index in [9.17, 15) is 14.9 Å². The first kappa shape index (κ1) is 15.0. The lowest BCUT2D eigenvalue weighted by atomic mass is 10.1. The Bertz CT molecular complexity index is 720. The molecule has 110 valence electrons. The van der Waals surface area contributed by atoms with Crippen LogP contribution in [0.1, 0.15) is 30.9 Å². The first-order valence-corrected chi connectivity index (χ1v) is 7.00. The molecule has 1 aromatic heterocycles. The molecule has 0 bridgehead atoms. The lowest BCUT2D eigenvalue weighted by Gasteiger charge is -2.10. The van der Waals surface area contributed by atoms with Gasteiger partial charge in [-0.2, -0.15) is 0 Å². The van der Waals surface area contributed by atoms with Crippen LogP contribution < -0.4 is 5.56 Å². The van der Waals surface area contributed by atoms with Crippen LogP contribution in [0.3, 0.4) is 0 Å². The first-order chi connectivity index (χ1) is 10.0. The molecule has 0 fully saturated rings. The Kier molecular flexibility index (Phi) is 4.52. The average Bonchev–Trinajstić information content (AvgIpc) is 2.46. The third-order valence-electron chi connectivity index (χ3n) is 3.48. The largest absolute Gasteiger partial charge is 0.284 e. The average molecular weight is 286 g/mol. The second-order valence-electron chi connectivity index (χ2n) is 5.04. The molecule has 0 unspecified atom stereocenters. The van der Waals surface area contributed by atoms with Gasteiger partial charge in [0.05, 0.1) is 10.6 Å². The number of pyridine rings is 1. The van der Waals surface area contributed by atoms with Crippen LogP contribution in [0.25, 0.3) is 5.69 Å². The van der Waals surface area contributed by atoms with E-state index in [0.717, 1.165) is 24.8 Å². The highest BCUT2D eigenvalue weighted by molar-refractivity contribution is 5.48. The first-order valence-electron chi connectivity index (χ1n) is 7.00. The van der Waals surface area contributed by atoms with E-state index in [4.69, 9.17) is 0 Å². The van der Waals surface area contributed by atoms with Crippen molar-refractivity contribution in [2.45, 2.75) is 33.1 Å². The highest BCUT2D eigenvalue weighted by Gasteiger charge is 2.11. The van der Waals surface area contributed by atoms with Crippen molar-refractivity contribution in [3.8, 4) is 5.69 Å². The number of benzene rings is 1. The number of nitro groups is 1. The van der Waals surface area contributed by atoms with Crippen LogP contribution in [0, 0.1) is 17.0 Å². The number of hydrogen-bond acceptors (Lipinski definition) is 3. The number of aryl methyl sites for hydroxylation is 2. The monoisotopic (exact) mass is 286 g/mol. The smallest absolute Gasteiger partial charge is 0.269 e. The van der Waals surface area contributed by atoms with Gasteiger partial charge in [0, 0.05) is 23.9 Å². The van der Waals surface area contributed by atoms with Crippen LogP contribution in [0.4, 0.5) is 5.69 Å². The maximum atomic E-state index is 12.5. The Morgan fingerprint density at radius 2 is 2.05 bits per heavy atom. The van der Waals surface area contributed by atoms with E-state index in [1.165, 1.54) is 12.1 Å². The molecule has 5 heteroatoms. The molecule has 1 heterocycles. The number of unbranched alkanes of at least 4 members (excludes halogenated alkanes) is 1. The van der Waals surface area contributed by atoms with Gasteiger partial charge in [0.15, 0.2) is 0 Å². The number of nitrogens with zero attached hydrogens (tertiary/aromatic N) is 2. The van der Waals surface area contributed by atoms with E-state index in [2.05, 4.69) is 6.92 Å². The van der Waals surface area contributed by atoms with Crippen molar-refractivity contribution in [2.24, 2.45) is 0 Å². The van der Waals surface area contributed by atoms with Crippen molar-refractivity contribution >= 4 is 5.69 Å². The molecule has 21 heavy (non-hydrogen) atoms. The number of nitro benzene ring substituents is 1. The summed E-state index contributed by atoms with van der Waals surface area (Å²) in [6, 6.07) is 8.22. The number of hydrogen-bond donors (Lipinski definition) is 0. The summed E-state index contributed by atoms with van der Waals surface area (Å²) in [4.78, 5) is 22.8. The summed E-state index contributed by atoms with van der Waals surface area (Å²) in [7, 11) is 0. The lowest BCUT2D eigenvalue weighted by molar-refractivity contribution is -0.384. The minimum absolute atomic E-state index is 0.0337. The van der Waals surface area contributed by atoms with Gasteiger partial charge in [0.1, 0.15) is 0 Å². The van der Waals surface area contributed by atoms with Crippen molar-refractivity contribution in [2.75, 3.05) is 0 Å². The Labute approximate surface area is 123 Å². The summed E-state index contributed by atoms with van der Waals surface area (Å²) >= 11 is 0. The normalized spacial score (nSPS) is 10.6. The van der Waals surface area contributed by atoms with Gasteiger partial charge in [0.2, 0.25) is 0 Å². The Morgan fingerprint density at radius 3 is 2.67 bits per heavy atom. The molecule has 0 saturated carbocycles. The maximum absolute atomic E-state index is 12.5. The number of non-ortho nitro benzene ring substituents is 1. The fourth-order valence-corrected chi connectivity index (χ4v) is 2.31. The van der Waals surface area contributed by atoms with Gasteiger partial charge in [-0.1, -0.05) is 19.4 Å². The maximum Gasteiger partial charge on any atom is 0.269 e. The molecule has 0 aliphatic heterocycles. The molecule has 1 aromatic carbocycles. The Morgan fingerprint density at radius 1 is 1.29 bits per heavy atom. The molecule has 0 atom stereocenters. The third-order valence-corrected chi connectivity index (χ3v) is 3.48. The minimum Gasteiger partial charge on any atom is -0.284 e. The molecule has 0 aliphatic carbocycles. The molecule has 0 aliphatic rings. The van der Waals surface area contributed by atoms with Gasteiger partial charge in [-0.25, -0.2) is 0 Å². The summed E-state index contributed by atoms with van der Waals surface area (Å²) < 4.78 is 1.56. The van der Waals surface area contributed by atoms with E-state index < -0.39 is 4.92 Å². The molecule has 0 radical (unpaired) electrons. The lowest BCUT2D eigenvalue weighted by Crippen LogP contribution is -2.22. The van der Waals surface area contributed by atoms with Crippen molar-refractivity contribution < 1.29 is 4.92 Å². The van der Waals surface area contributed by atoms with Crippen molar-refractivity contribution in [1.82, 2.24) is 4.57 Å². The molecule has 0 spiro atoms. The Balaban J connectivity index is 2.47. The summed E-state index contributed by atoms with van der Waals surface area (Å²) in [6.07, 6.45) is 4.46. The van der Waals surface area contributed by atoms with E-state index in [0.29, 0.717) is 11.3 Å². The standard InChI is InChI=1S/C16H18N2O3/c1-3-4-6-13-7-5-10-17(16(13)19)15-9-8-14(18(20)21)11-12(15)2/h5,7-11H,3-4,6H2,1-2H3. The molecular weight excluding hydrogens is 268 g/mol. The van der Waals surface area contributed by atoms with Crippen LogP contribution in [0.15, 0.2) is 41.3 Å². The quantitative estimate of drug-likeness (QED) is 0.625.